The number of hydrogen-bond donors (Lipinski definition) is 2. The van der Waals surface area contributed by atoms with Gasteiger partial charge in [0, 0.05) is 19.4 Å². The van der Waals surface area contributed by atoms with E-state index in [0.29, 0.717) is 18.7 Å². The standard InChI is InChI=1S/C11H17NO2/c1-2-11(14)12-8-7-9-3-5-10(13)6-4-9/h3,5,13H,2,4,6-8H2,1H3,(H,12,14). The summed E-state index contributed by atoms with van der Waals surface area (Å²) >= 11 is 0. The molecule has 14 heavy (non-hydrogen) atoms. The van der Waals surface area contributed by atoms with Crippen LogP contribution in [-0.2, 0) is 4.79 Å². The van der Waals surface area contributed by atoms with Crippen LogP contribution >= 0.6 is 0 Å². The normalized spacial score (nSPS) is 15.8. The predicted molar refractivity (Wildman–Crippen MR) is 55.9 cm³/mol. The zero-order valence-electron chi connectivity index (χ0n) is 8.55. The first kappa shape index (κ1) is 10.8. The van der Waals surface area contributed by atoms with E-state index in [0.717, 1.165) is 19.3 Å². The molecular formula is C11H17NO2. The predicted octanol–water partition coefficient (Wildman–Crippen LogP) is 2.06. The minimum Gasteiger partial charge on any atom is -0.512 e. The summed E-state index contributed by atoms with van der Waals surface area (Å²) in [4.78, 5) is 10.9. The smallest absolute Gasteiger partial charge is 0.219 e. The highest BCUT2D eigenvalue weighted by molar-refractivity contribution is 5.75. The second-order valence-electron chi connectivity index (χ2n) is 3.44. The van der Waals surface area contributed by atoms with E-state index in [9.17, 15) is 4.79 Å². The van der Waals surface area contributed by atoms with Crippen molar-refractivity contribution >= 4 is 5.91 Å². The second kappa shape index (κ2) is 5.47. The lowest BCUT2D eigenvalue weighted by atomic mass is 10.0. The average Bonchev–Trinajstić information content (AvgIpc) is 2.21. The number of aliphatic hydroxyl groups is 1. The first-order valence-corrected chi connectivity index (χ1v) is 5.06. The zero-order chi connectivity index (χ0) is 10.4. The first-order chi connectivity index (χ1) is 6.72. The van der Waals surface area contributed by atoms with Crippen LogP contribution in [0, 0.1) is 0 Å². The fraction of sp³-hybridized carbons (Fsp3) is 0.545. The van der Waals surface area contributed by atoms with Crippen LogP contribution in [0.2, 0.25) is 0 Å². The van der Waals surface area contributed by atoms with Crippen molar-refractivity contribution in [2.45, 2.75) is 32.6 Å². The Hall–Kier alpha value is -1.25. The van der Waals surface area contributed by atoms with Crippen molar-refractivity contribution in [2.75, 3.05) is 6.54 Å². The minimum absolute atomic E-state index is 0.0970. The number of carbonyl (C=O) groups is 1. The van der Waals surface area contributed by atoms with E-state index in [1.807, 2.05) is 13.0 Å². The van der Waals surface area contributed by atoms with E-state index in [4.69, 9.17) is 5.11 Å². The lowest BCUT2D eigenvalue weighted by Gasteiger charge is -2.11. The maximum Gasteiger partial charge on any atom is 0.219 e. The highest BCUT2D eigenvalue weighted by Crippen LogP contribution is 2.18. The van der Waals surface area contributed by atoms with Gasteiger partial charge in [-0.2, -0.15) is 0 Å². The van der Waals surface area contributed by atoms with Crippen molar-refractivity contribution < 1.29 is 9.90 Å². The van der Waals surface area contributed by atoms with Crippen molar-refractivity contribution in [1.29, 1.82) is 0 Å². The molecule has 0 spiro atoms. The molecule has 1 aliphatic carbocycles. The van der Waals surface area contributed by atoms with Crippen molar-refractivity contribution in [2.24, 2.45) is 0 Å². The monoisotopic (exact) mass is 195 g/mol. The topological polar surface area (TPSA) is 49.3 Å². The third kappa shape index (κ3) is 3.64. The quantitative estimate of drug-likeness (QED) is 0.721. The number of allylic oxidation sites excluding steroid dienone is 3. The van der Waals surface area contributed by atoms with Crippen molar-refractivity contribution in [3.8, 4) is 0 Å². The summed E-state index contributed by atoms with van der Waals surface area (Å²) in [5.74, 6) is 0.547. The van der Waals surface area contributed by atoms with Crippen LogP contribution < -0.4 is 5.32 Å². The van der Waals surface area contributed by atoms with Crippen LogP contribution in [-0.4, -0.2) is 17.6 Å². The third-order valence-corrected chi connectivity index (χ3v) is 2.30. The van der Waals surface area contributed by atoms with Gasteiger partial charge in [0.2, 0.25) is 5.91 Å². The summed E-state index contributed by atoms with van der Waals surface area (Å²) in [5.41, 5.74) is 1.29. The van der Waals surface area contributed by atoms with Gasteiger partial charge in [-0.15, -0.1) is 0 Å². The molecule has 3 heteroatoms. The maximum absolute atomic E-state index is 10.9. The Labute approximate surface area is 84.5 Å². The highest BCUT2D eigenvalue weighted by atomic mass is 16.3. The van der Waals surface area contributed by atoms with Gasteiger partial charge in [-0.25, -0.2) is 0 Å². The van der Waals surface area contributed by atoms with Crippen LogP contribution in [0.4, 0.5) is 0 Å². The second-order valence-corrected chi connectivity index (χ2v) is 3.44. The molecule has 78 valence electrons. The molecule has 0 radical (unpaired) electrons. The molecule has 0 unspecified atom stereocenters. The van der Waals surface area contributed by atoms with Crippen molar-refractivity contribution in [3.63, 3.8) is 0 Å². The van der Waals surface area contributed by atoms with Crippen molar-refractivity contribution in [1.82, 2.24) is 5.32 Å². The molecule has 0 atom stereocenters. The van der Waals surface area contributed by atoms with Crippen LogP contribution in [0.3, 0.4) is 0 Å². The summed E-state index contributed by atoms with van der Waals surface area (Å²) < 4.78 is 0. The van der Waals surface area contributed by atoms with Crippen LogP contribution in [0.15, 0.2) is 23.5 Å². The van der Waals surface area contributed by atoms with Gasteiger partial charge in [-0.05, 0) is 18.9 Å². The van der Waals surface area contributed by atoms with E-state index in [1.54, 1.807) is 6.08 Å². The summed E-state index contributed by atoms with van der Waals surface area (Å²) in [6.07, 6.45) is 6.74. The summed E-state index contributed by atoms with van der Waals surface area (Å²) in [6, 6.07) is 0. The Morgan fingerprint density at radius 3 is 2.86 bits per heavy atom. The van der Waals surface area contributed by atoms with E-state index < -0.39 is 0 Å². The third-order valence-electron chi connectivity index (χ3n) is 2.30. The van der Waals surface area contributed by atoms with Gasteiger partial charge in [0.1, 0.15) is 0 Å². The van der Waals surface area contributed by atoms with Gasteiger partial charge in [-0.3, -0.25) is 4.79 Å². The molecule has 0 aliphatic heterocycles. The number of amides is 1. The number of aliphatic hydroxyl groups excluding tert-OH is 1. The fourth-order valence-corrected chi connectivity index (χ4v) is 1.37. The Morgan fingerprint density at radius 1 is 1.50 bits per heavy atom. The molecule has 1 amide bonds. The fourth-order valence-electron chi connectivity index (χ4n) is 1.37. The number of hydrogen-bond acceptors (Lipinski definition) is 2. The van der Waals surface area contributed by atoms with E-state index in [1.165, 1.54) is 5.57 Å². The SMILES string of the molecule is CCC(=O)NCCC1=CC=C(O)CC1. The minimum atomic E-state index is 0.0970. The van der Waals surface area contributed by atoms with E-state index in [2.05, 4.69) is 5.32 Å². The van der Waals surface area contributed by atoms with Gasteiger partial charge < -0.3 is 10.4 Å². The van der Waals surface area contributed by atoms with Gasteiger partial charge >= 0.3 is 0 Å². The van der Waals surface area contributed by atoms with E-state index in [-0.39, 0.29) is 5.91 Å². The number of rotatable bonds is 4. The molecule has 0 aromatic heterocycles. The molecule has 0 saturated heterocycles. The zero-order valence-corrected chi connectivity index (χ0v) is 8.55. The van der Waals surface area contributed by atoms with Gasteiger partial charge in [0.25, 0.3) is 0 Å². The summed E-state index contributed by atoms with van der Waals surface area (Å²) in [6.45, 7) is 2.54. The Bertz CT molecular complexity index is 266. The van der Waals surface area contributed by atoms with Gasteiger partial charge in [0.15, 0.2) is 0 Å². The molecule has 0 bridgehead atoms. The molecule has 2 N–H and O–H groups in total. The lowest BCUT2D eigenvalue weighted by molar-refractivity contribution is -0.120. The van der Waals surface area contributed by atoms with Gasteiger partial charge in [0.05, 0.1) is 5.76 Å². The Kier molecular flexibility index (Phi) is 4.23. The Balaban J connectivity index is 2.22. The molecule has 0 aromatic rings. The molecule has 3 nitrogen and oxygen atoms in total. The molecule has 1 aliphatic rings. The Morgan fingerprint density at radius 2 is 2.29 bits per heavy atom. The summed E-state index contributed by atoms with van der Waals surface area (Å²) in [7, 11) is 0. The highest BCUT2D eigenvalue weighted by Gasteiger charge is 2.05. The average molecular weight is 195 g/mol. The molecule has 0 saturated carbocycles. The maximum atomic E-state index is 10.9. The molecule has 0 aromatic carbocycles. The molecule has 0 fully saturated rings. The largest absolute Gasteiger partial charge is 0.512 e. The van der Waals surface area contributed by atoms with Crippen LogP contribution in [0.5, 0.6) is 0 Å². The number of carbonyl (C=O) groups excluding carboxylic acids is 1. The van der Waals surface area contributed by atoms with E-state index >= 15 is 0 Å². The van der Waals surface area contributed by atoms with Gasteiger partial charge in [-0.1, -0.05) is 18.6 Å². The number of nitrogens with one attached hydrogen (secondary N) is 1. The van der Waals surface area contributed by atoms with Crippen molar-refractivity contribution in [3.05, 3.63) is 23.5 Å². The molecule has 0 heterocycles. The van der Waals surface area contributed by atoms with Crippen LogP contribution in [0.25, 0.3) is 0 Å². The summed E-state index contributed by atoms with van der Waals surface area (Å²) in [5, 5.41) is 12.0. The molecule has 1 rings (SSSR count). The first-order valence-electron chi connectivity index (χ1n) is 5.06. The molecular weight excluding hydrogens is 178 g/mol. The van der Waals surface area contributed by atoms with Crippen LogP contribution in [0.1, 0.15) is 32.6 Å². The lowest BCUT2D eigenvalue weighted by Crippen LogP contribution is -2.23.